The molecule has 0 fully saturated rings. The molecule has 0 radical (unpaired) electrons. The van der Waals surface area contributed by atoms with Crippen molar-refractivity contribution in [1.29, 1.82) is 0 Å². The average molecular weight is 226 g/mol. The van der Waals surface area contributed by atoms with E-state index < -0.39 is 8.32 Å². The minimum absolute atomic E-state index is 0.103. The normalized spacial score (nSPS) is 14.4. The van der Waals surface area contributed by atoms with Crippen molar-refractivity contribution in [2.45, 2.75) is 57.8 Å². The van der Waals surface area contributed by atoms with Crippen LogP contribution in [0.3, 0.4) is 0 Å². The first-order chi connectivity index (χ1) is 6.74. The lowest BCUT2D eigenvalue weighted by molar-refractivity contribution is -0.109. The monoisotopic (exact) mass is 226 g/mol. The highest BCUT2D eigenvalue weighted by Crippen LogP contribution is 2.37. The molecule has 0 saturated heterocycles. The lowest BCUT2D eigenvalue weighted by Gasteiger charge is -2.38. The van der Waals surface area contributed by atoms with Gasteiger partial charge < -0.3 is 9.22 Å². The van der Waals surface area contributed by atoms with E-state index in [0.29, 0.717) is 12.8 Å². The quantitative estimate of drug-likeness (QED) is 0.409. The van der Waals surface area contributed by atoms with E-state index in [4.69, 9.17) is 10.8 Å². The van der Waals surface area contributed by atoms with E-state index in [1.54, 1.807) is 0 Å². The second-order valence-corrected chi connectivity index (χ2v) is 10.1. The molecule has 0 aliphatic heterocycles. The number of rotatable bonds is 5. The number of aldehydes is 1. The van der Waals surface area contributed by atoms with Gasteiger partial charge in [-0.05, 0) is 18.1 Å². The molecule has 0 heterocycles. The molecular weight excluding hydrogens is 204 g/mol. The fourth-order valence-electron chi connectivity index (χ4n) is 1.01. The summed E-state index contributed by atoms with van der Waals surface area (Å²) in [5.74, 6) is 2.56. The zero-order valence-electron chi connectivity index (χ0n) is 10.5. The number of carbonyl (C=O) groups excluding carboxylic acids is 1. The molecular formula is C12H22O2Si. The number of carbonyl (C=O) groups is 1. The maximum Gasteiger partial charge on any atom is 0.192 e. The van der Waals surface area contributed by atoms with Crippen LogP contribution in [0.15, 0.2) is 0 Å². The Morgan fingerprint density at radius 2 is 2.00 bits per heavy atom. The first-order valence-electron chi connectivity index (χ1n) is 5.29. The topological polar surface area (TPSA) is 26.3 Å². The van der Waals surface area contributed by atoms with E-state index in [2.05, 4.69) is 39.8 Å². The standard InChI is InChI=1S/C12H22O2Si/c1-7-8-11(9-10-13)14-15(5,6)12(2,3)4/h1,10-11H,8-9H2,2-6H3. The van der Waals surface area contributed by atoms with Crippen molar-refractivity contribution in [3.05, 3.63) is 0 Å². The van der Waals surface area contributed by atoms with Crippen molar-refractivity contribution in [2.24, 2.45) is 0 Å². The van der Waals surface area contributed by atoms with E-state index in [9.17, 15) is 4.79 Å². The molecule has 0 bridgehead atoms. The van der Waals surface area contributed by atoms with E-state index >= 15 is 0 Å². The van der Waals surface area contributed by atoms with Gasteiger partial charge in [0.05, 0.1) is 6.10 Å². The van der Waals surface area contributed by atoms with Crippen molar-refractivity contribution < 1.29 is 9.22 Å². The number of hydrogen-bond acceptors (Lipinski definition) is 2. The van der Waals surface area contributed by atoms with Crippen LogP contribution in [0.1, 0.15) is 33.6 Å². The van der Waals surface area contributed by atoms with Gasteiger partial charge in [-0.25, -0.2) is 0 Å². The third-order valence-electron chi connectivity index (χ3n) is 2.97. The smallest absolute Gasteiger partial charge is 0.192 e. The summed E-state index contributed by atoms with van der Waals surface area (Å²) in [4.78, 5) is 10.5. The van der Waals surface area contributed by atoms with Crippen molar-refractivity contribution in [3.63, 3.8) is 0 Å². The fourth-order valence-corrected chi connectivity index (χ4v) is 2.37. The third-order valence-corrected chi connectivity index (χ3v) is 7.51. The van der Waals surface area contributed by atoms with Crippen molar-refractivity contribution in [1.82, 2.24) is 0 Å². The van der Waals surface area contributed by atoms with Crippen molar-refractivity contribution in [3.8, 4) is 12.3 Å². The van der Waals surface area contributed by atoms with Crippen LogP contribution in [0.5, 0.6) is 0 Å². The van der Waals surface area contributed by atoms with Gasteiger partial charge in [-0.2, -0.15) is 0 Å². The van der Waals surface area contributed by atoms with Gasteiger partial charge in [-0.15, -0.1) is 12.3 Å². The van der Waals surface area contributed by atoms with Gasteiger partial charge in [0.2, 0.25) is 0 Å². The van der Waals surface area contributed by atoms with Gasteiger partial charge in [0.15, 0.2) is 8.32 Å². The minimum atomic E-state index is -1.80. The predicted octanol–water partition coefficient (Wildman–Crippen LogP) is 2.99. The molecule has 3 heteroatoms. The molecule has 0 N–H and O–H groups in total. The lowest BCUT2D eigenvalue weighted by atomic mass is 10.2. The van der Waals surface area contributed by atoms with E-state index in [-0.39, 0.29) is 11.1 Å². The van der Waals surface area contributed by atoms with Gasteiger partial charge in [-0.3, -0.25) is 0 Å². The molecule has 1 atom stereocenters. The molecule has 0 rings (SSSR count). The Bertz CT molecular complexity index is 245. The Hall–Kier alpha value is -0.593. The lowest BCUT2D eigenvalue weighted by Crippen LogP contribution is -2.44. The first-order valence-corrected chi connectivity index (χ1v) is 8.20. The molecule has 0 spiro atoms. The number of terminal acetylenes is 1. The summed E-state index contributed by atoms with van der Waals surface area (Å²) in [6.07, 6.45) is 6.96. The predicted molar refractivity (Wildman–Crippen MR) is 66.2 cm³/mol. The van der Waals surface area contributed by atoms with Crippen LogP contribution in [0.25, 0.3) is 0 Å². The Labute approximate surface area is 94.5 Å². The highest BCUT2D eigenvalue weighted by Gasteiger charge is 2.38. The highest BCUT2D eigenvalue weighted by atomic mass is 28.4. The second kappa shape index (κ2) is 5.48. The van der Waals surface area contributed by atoms with Gasteiger partial charge in [0.25, 0.3) is 0 Å². The van der Waals surface area contributed by atoms with Gasteiger partial charge in [0, 0.05) is 12.8 Å². The Balaban J connectivity index is 4.52. The largest absolute Gasteiger partial charge is 0.413 e. The average Bonchev–Trinajstić information content (AvgIpc) is 2.02. The molecule has 86 valence electrons. The Morgan fingerprint density at radius 3 is 2.33 bits per heavy atom. The van der Waals surface area contributed by atoms with Crippen LogP contribution in [0.4, 0.5) is 0 Å². The minimum Gasteiger partial charge on any atom is -0.413 e. The maximum absolute atomic E-state index is 10.5. The summed E-state index contributed by atoms with van der Waals surface area (Å²) in [6, 6.07) is 0. The van der Waals surface area contributed by atoms with Crippen LogP contribution in [0, 0.1) is 12.3 Å². The molecule has 0 aromatic rings. The van der Waals surface area contributed by atoms with E-state index in [1.165, 1.54) is 0 Å². The molecule has 0 aromatic carbocycles. The maximum atomic E-state index is 10.5. The SMILES string of the molecule is C#CCC(CC=O)O[Si](C)(C)C(C)(C)C. The molecule has 0 aliphatic carbocycles. The fraction of sp³-hybridized carbons (Fsp3) is 0.750. The van der Waals surface area contributed by atoms with E-state index in [0.717, 1.165) is 6.29 Å². The zero-order chi connectivity index (χ0) is 12.1. The molecule has 2 nitrogen and oxygen atoms in total. The van der Waals surface area contributed by atoms with Crippen LogP contribution in [0.2, 0.25) is 18.1 Å². The van der Waals surface area contributed by atoms with E-state index in [1.807, 2.05) is 0 Å². The van der Waals surface area contributed by atoms with Crippen LogP contribution in [-0.2, 0) is 9.22 Å². The molecule has 0 amide bonds. The first kappa shape index (κ1) is 14.4. The molecule has 15 heavy (non-hydrogen) atoms. The van der Waals surface area contributed by atoms with Crippen molar-refractivity contribution in [2.75, 3.05) is 0 Å². The van der Waals surface area contributed by atoms with Gasteiger partial charge in [0.1, 0.15) is 6.29 Å². The highest BCUT2D eigenvalue weighted by molar-refractivity contribution is 6.74. The van der Waals surface area contributed by atoms with Crippen LogP contribution in [-0.4, -0.2) is 20.7 Å². The second-order valence-electron chi connectivity index (χ2n) is 5.31. The number of hydrogen-bond donors (Lipinski definition) is 0. The Morgan fingerprint density at radius 1 is 1.47 bits per heavy atom. The summed E-state index contributed by atoms with van der Waals surface area (Å²) in [6.45, 7) is 10.9. The van der Waals surface area contributed by atoms with Gasteiger partial charge >= 0.3 is 0 Å². The molecule has 0 saturated carbocycles. The summed E-state index contributed by atoms with van der Waals surface area (Å²) in [5.41, 5.74) is 0. The third kappa shape index (κ3) is 4.63. The summed E-state index contributed by atoms with van der Waals surface area (Å²) < 4.78 is 6.05. The Kier molecular flexibility index (Phi) is 5.26. The van der Waals surface area contributed by atoms with Gasteiger partial charge in [-0.1, -0.05) is 20.8 Å². The molecule has 0 aliphatic rings. The zero-order valence-corrected chi connectivity index (χ0v) is 11.5. The van der Waals surface area contributed by atoms with Crippen LogP contribution < -0.4 is 0 Å². The summed E-state index contributed by atoms with van der Waals surface area (Å²) in [5, 5.41) is 0.155. The van der Waals surface area contributed by atoms with Crippen molar-refractivity contribution >= 4 is 14.6 Å². The summed E-state index contributed by atoms with van der Waals surface area (Å²) in [7, 11) is -1.80. The summed E-state index contributed by atoms with van der Waals surface area (Å²) >= 11 is 0. The van der Waals surface area contributed by atoms with Crippen LogP contribution >= 0.6 is 0 Å². The molecule has 0 aromatic heterocycles. The molecule has 1 unspecified atom stereocenters.